The van der Waals surface area contributed by atoms with Crippen LogP contribution in [0.2, 0.25) is 0 Å². The Hall–Kier alpha value is -2.41. The molecule has 0 unspecified atom stereocenters. The summed E-state index contributed by atoms with van der Waals surface area (Å²) >= 11 is 0. The fraction of sp³-hybridized carbons (Fsp3) is 0.214. The smallest absolute Gasteiger partial charge is 0.171 e. The molecule has 1 aromatic heterocycles. The van der Waals surface area contributed by atoms with Gasteiger partial charge in [-0.2, -0.15) is 10.4 Å². The van der Waals surface area contributed by atoms with Gasteiger partial charge in [0.05, 0.1) is 11.8 Å². The van der Waals surface area contributed by atoms with Gasteiger partial charge in [-0.05, 0) is 30.2 Å². The number of nitrogens with one attached hydrogen (secondary N) is 1. The summed E-state index contributed by atoms with van der Waals surface area (Å²) in [7, 11) is 0. The van der Waals surface area contributed by atoms with Crippen molar-refractivity contribution in [3.8, 4) is 6.07 Å². The molecule has 0 aliphatic carbocycles. The first kappa shape index (κ1) is 12.1. The third-order valence-electron chi connectivity index (χ3n) is 2.60. The molecule has 0 saturated heterocycles. The molecule has 0 radical (unpaired) electrons. The average Bonchev–Trinajstić information content (AvgIpc) is 2.42. The number of nitriles is 1. The lowest BCUT2D eigenvalue weighted by molar-refractivity contribution is 0.922. The minimum absolute atomic E-state index is 0.489. The molecule has 0 bridgehead atoms. The number of hydrogen-bond donors (Lipinski definition) is 1. The number of rotatable bonds is 4. The quantitative estimate of drug-likeness (QED) is 0.889. The van der Waals surface area contributed by atoms with Crippen molar-refractivity contribution in [3.63, 3.8) is 0 Å². The van der Waals surface area contributed by atoms with E-state index in [-0.39, 0.29) is 0 Å². The highest BCUT2D eigenvalue weighted by Gasteiger charge is 2.03. The van der Waals surface area contributed by atoms with E-state index in [1.807, 2.05) is 12.1 Å². The molecule has 0 atom stereocenters. The lowest BCUT2D eigenvalue weighted by atomic mass is 10.1. The summed E-state index contributed by atoms with van der Waals surface area (Å²) in [6.07, 6.45) is 3.72. The number of aromatic nitrogens is 2. The van der Waals surface area contributed by atoms with Crippen molar-refractivity contribution in [1.82, 2.24) is 10.2 Å². The molecule has 2 rings (SSSR count). The van der Waals surface area contributed by atoms with Crippen LogP contribution in [0.1, 0.15) is 24.5 Å². The Morgan fingerprint density at radius 2 is 2.00 bits per heavy atom. The molecule has 1 heterocycles. The Morgan fingerprint density at radius 1 is 1.22 bits per heavy atom. The molecule has 2 aromatic rings. The van der Waals surface area contributed by atoms with Crippen LogP contribution in [-0.4, -0.2) is 10.2 Å². The summed E-state index contributed by atoms with van der Waals surface area (Å²) in [6.45, 7) is 2.16. The molecule has 0 aliphatic heterocycles. The van der Waals surface area contributed by atoms with Gasteiger partial charge in [0.15, 0.2) is 5.82 Å². The van der Waals surface area contributed by atoms with Gasteiger partial charge < -0.3 is 5.32 Å². The van der Waals surface area contributed by atoms with Gasteiger partial charge in [-0.3, -0.25) is 0 Å². The molecule has 1 N–H and O–H groups in total. The van der Waals surface area contributed by atoms with Gasteiger partial charge in [0.2, 0.25) is 0 Å². The van der Waals surface area contributed by atoms with Gasteiger partial charge >= 0.3 is 0 Å². The predicted molar refractivity (Wildman–Crippen MR) is 70.5 cm³/mol. The lowest BCUT2D eigenvalue weighted by Gasteiger charge is -2.06. The molecule has 1 aromatic carbocycles. The topological polar surface area (TPSA) is 61.6 Å². The van der Waals surface area contributed by atoms with Crippen LogP contribution in [0.25, 0.3) is 0 Å². The SMILES string of the molecule is CCCc1ccc(Nc2nnccc2C#N)cc1. The molecular formula is C14H14N4. The maximum atomic E-state index is 8.95. The molecule has 4 nitrogen and oxygen atoms in total. The Kier molecular flexibility index (Phi) is 3.87. The molecule has 90 valence electrons. The highest BCUT2D eigenvalue weighted by molar-refractivity contribution is 5.61. The van der Waals surface area contributed by atoms with Crippen LogP contribution >= 0.6 is 0 Å². The Morgan fingerprint density at radius 3 is 2.67 bits per heavy atom. The monoisotopic (exact) mass is 238 g/mol. The first-order chi connectivity index (χ1) is 8.83. The fourth-order valence-corrected chi connectivity index (χ4v) is 1.69. The number of nitrogens with zero attached hydrogens (tertiary/aromatic N) is 3. The highest BCUT2D eigenvalue weighted by atomic mass is 15.2. The van der Waals surface area contributed by atoms with Gasteiger partial charge in [0.25, 0.3) is 0 Å². The van der Waals surface area contributed by atoms with E-state index in [0.29, 0.717) is 11.4 Å². The second-order valence-corrected chi connectivity index (χ2v) is 3.98. The highest BCUT2D eigenvalue weighted by Crippen LogP contribution is 2.18. The Bertz CT molecular complexity index is 555. The van der Waals surface area contributed by atoms with Crippen LogP contribution < -0.4 is 5.32 Å². The third kappa shape index (κ3) is 2.83. The summed E-state index contributed by atoms with van der Waals surface area (Å²) in [5, 5.41) is 19.7. The van der Waals surface area contributed by atoms with Crippen LogP contribution in [-0.2, 0) is 6.42 Å². The van der Waals surface area contributed by atoms with Gasteiger partial charge in [-0.25, -0.2) is 0 Å². The van der Waals surface area contributed by atoms with Gasteiger partial charge in [-0.15, -0.1) is 5.10 Å². The van der Waals surface area contributed by atoms with Gasteiger partial charge in [-0.1, -0.05) is 25.5 Å². The summed E-state index contributed by atoms with van der Waals surface area (Å²) in [5.74, 6) is 0.489. The normalized spacial score (nSPS) is 9.78. The van der Waals surface area contributed by atoms with Crippen LogP contribution in [0, 0.1) is 11.3 Å². The minimum Gasteiger partial charge on any atom is -0.338 e. The third-order valence-corrected chi connectivity index (χ3v) is 2.60. The van der Waals surface area contributed by atoms with E-state index < -0.39 is 0 Å². The second kappa shape index (κ2) is 5.78. The van der Waals surface area contributed by atoms with Gasteiger partial charge in [0, 0.05) is 5.69 Å². The van der Waals surface area contributed by atoms with Crippen LogP contribution in [0.4, 0.5) is 11.5 Å². The summed E-state index contributed by atoms with van der Waals surface area (Å²) in [4.78, 5) is 0. The number of aryl methyl sites for hydroxylation is 1. The maximum absolute atomic E-state index is 8.95. The van der Waals surface area contributed by atoms with E-state index in [9.17, 15) is 0 Å². The zero-order valence-electron chi connectivity index (χ0n) is 10.2. The van der Waals surface area contributed by atoms with E-state index in [0.717, 1.165) is 18.5 Å². The van der Waals surface area contributed by atoms with Gasteiger partial charge in [0.1, 0.15) is 6.07 Å². The Labute approximate surface area is 106 Å². The number of benzene rings is 1. The van der Waals surface area contributed by atoms with Crippen molar-refractivity contribution in [1.29, 1.82) is 5.26 Å². The van der Waals surface area contributed by atoms with Crippen LogP contribution in [0.15, 0.2) is 36.5 Å². The van der Waals surface area contributed by atoms with E-state index >= 15 is 0 Å². The molecule has 18 heavy (non-hydrogen) atoms. The van der Waals surface area contributed by atoms with E-state index in [1.54, 1.807) is 6.07 Å². The zero-order valence-corrected chi connectivity index (χ0v) is 10.2. The number of anilines is 2. The van der Waals surface area contributed by atoms with E-state index in [4.69, 9.17) is 5.26 Å². The largest absolute Gasteiger partial charge is 0.338 e. The van der Waals surface area contributed by atoms with Crippen molar-refractivity contribution in [2.24, 2.45) is 0 Å². The molecule has 0 amide bonds. The lowest BCUT2D eigenvalue weighted by Crippen LogP contribution is -1.98. The van der Waals surface area contributed by atoms with Crippen molar-refractivity contribution in [2.75, 3.05) is 5.32 Å². The van der Waals surface area contributed by atoms with Crippen LogP contribution in [0.3, 0.4) is 0 Å². The molecular weight excluding hydrogens is 224 g/mol. The zero-order chi connectivity index (χ0) is 12.8. The van der Waals surface area contributed by atoms with E-state index in [2.05, 4.69) is 40.6 Å². The summed E-state index contributed by atoms with van der Waals surface area (Å²) in [5.41, 5.74) is 2.71. The van der Waals surface area contributed by atoms with Crippen molar-refractivity contribution in [2.45, 2.75) is 19.8 Å². The predicted octanol–water partition coefficient (Wildman–Crippen LogP) is 3.04. The van der Waals surface area contributed by atoms with Crippen molar-refractivity contribution < 1.29 is 0 Å². The first-order valence-electron chi connectivity index (χ1n) is 5.91. The second-order valence-electron chi connectivity index (χ2n) is 3.98. The molecule has 0 aliphatic rings. The van der Waals surface area contributed by atoms with Crippen molar-refractivity contribution >= 4 is 11.5 Å². The number of hydrogen-bond acceptors (Lipinski definition) is 4. The maximum Gasteiger partial charge on any atom is 0.171 e. The van der Waals surface area contributed by atoms with Crippen molar-refractivity contribution in [3.05, 3.63) is 47.7 Å². The molecule has 0 saturated carbocycles. The van der Waals surface area contributed by atoms with E-state index in [1.165, 1.54) is 11.8 Å². The molecule has 4 heteroatoms. The minimum atomic E-state index is 0.489. The first-order valence-corrected chi connectivity index (χ1v) is 5.91. The summed E-state index contributed by atoms with van der Waals surface area (Å²) < 4.78 is 0. The summed E-state index contributed by atoms with van der Waals surface area (Å²) in [6, 6.07) is 11.9. The molecule has 0 fully saturated rings. The fourth-order valence-electron chi connectivity index (χ4n) is 1.69. The molecule has 0 spiro atoms. The average molecular weight is 238 g/mol. The van der Waals surface area contributed by atoms with Crippen LogP contribution in [0.5, 0.6) is 0 Å². The standard InChI is InChI=1S/C14H14N4/c1-2-3-11-4-6-13(7-5-11)17-14-12(10-15)8-9-16-18-14/h4-9H,2-3H2,1H3,(H,17,18). The Balaban J connectivity index is 2.16.